The Balaban J connectivity index is 0.000000509. The molecule has 0 fully saturated rings. The summed E-state index contributed by atoms with van der Waals surface area (Å²) < 4.78 is 1.67. The van der Waals surface area contributed by atoms with Gasteiger partial charge in [-0.15, -0.1) is 5.10 Å². The predicted molar refractivity (Wildman–Crippen MR) is 69.8 cm³/mol. The molecule has 0 bridgehead atoms. The molecule has 0 aliphatic heterocycles. The molecule has 2 aromatic heterocycles. The van der Waals surface area contributed by atoms with Gasteiger partial charge >= 0.3 is 0 Å². The molecule has 0 aromatic carbocycles. The van der Waals surface area contributed by atoms with Crippen LogP contribution in [0, 0.1) is 6.92 Å². The molecule has 2 N–H and O–H groups in total. The third-order valence-electron chi connectivity index (χ3n) is 1.70. The predicted octanol–water partition coefficient (Wildman–Crippen LogP) is 3.33. The average molecular weight is 243 g/mol. The van der Waals surface area contributed by atoms with Gasteiger partial charge in [0.25, 0.3) is 0 Å². The van der Waals surface area contributed by atoms with E-state index < -0.39 is 0 Å². The maximum Gasteiger partial charge on any atom is 0.243 e. The van der Waals surface area contributed by atoms with E-state index in [9.17, 15) is 0 Å². The van der Waals surface area contributed by atoms with Crippen LogP contribution in [0.2, 0.25) is 5.28 Å². The molecular formula is C11H19ClN4. The van der Waals surface area contributed by atoms with E-state index >= 15 is 0 Å². The summed E-state index contributed by atoms with van der Waals surface area (Å²) in [5, 5.41) is 4.15. The summed E-state index contributed by atoms with van der Waals surface area (Å²) in [6, 6.07) is 3.78. The first kappa shape index (κ1) is 14.7. The third-order valence-corrected chi connectivity index (χ3v) is 1.86. The maximum absolute atomic E-state index is 5.63. The summed E-state index contributed by atoms with van der Waals surface area (Å²) in [4.78, 5) is 3.83. The number of nitrogens with zero attached hydrogens (tertiary/aromatic N) is 3. The average Bonchev–Trinajstić information content (AvgIpc) is 2.67. The summed E-state index contributed by atoms with van der Waals surface area (Å²) >= 11 is 5.63. The second kappa shape index (κ2) is 7.06. The van der Waals surface area contributed by atoms with Gasteiger partial charge in [0.05, 0.1) is 0 Å². The highest BCUT2D eigenvalue weighted by Crippen LogP contribution is 2.14. The summed E-state index contributed by atoms with van der Waals surface area (Å²) in [5.41, 5.74) is 7.39. The van der Waals surface area contributed by atoms with Gasteiger partial charge in [-0.1, -0.05) is 27.7 Å². The first-order valence-corrected chi connectivity index (χ1v) is 5.83. The monoisotopic (exact) mass is 242 g/mol. The zero-order valence-electron chi connectivity index (χ0n) is 10.5. The molecule has 0 saturated heterocycles. The highest BCUT2D eigenvalue weighted by atomic mass is 35.5. The normalized spacial score (nSPS) is 8.88. The van der Waals surface area contributed by atoms with Crippen LogP contribution in [0.25, 0.3) is 5.52 Å². The Hall–Kier alpha value is -1.29. The number of aromatic nitrogens is 3. The van der Waals surface area contributed by atoms with E-state index in [0.29, 0.717) is 5.82 Å². The second-order valence-electron chi connectivity index (χ2n) is 2.54. The van der Waals surface area contributed by atoms with Crippen LogP contribution in [0.3, 0.4) is 0 Å². The molecule has 0 radical (unpaired) electrons. The fourth-order valence-electron chi connectivity index (χ4n) is 1.12. The van der Waals surface area contributed by atoms with E-state index in [1.54, 1.807) is 4.52 Å². The lowest BCUT2D eigenvalue weighted by Crippen LogP contribution is -2.01. The fraction of sp³-hybridized carbons (Fsp3) is 0.455. The lowest BCUT2D eigenvalue weighted by Gasteiger charge is -1.99. The van der Waals surface area contributed by atoms with Crippen molar-refractivity contribution in [1.29, 1.82) is 0 Å². The molecule has 0 unspecified atom stereocenters. The molecule has 90 valence electrons. The minimum atomic E-state index is 0.166. The SMILES string of the molecule is CC.CC.Cc1ccc2c(N)nc(Cl)nn12. The zero-order chi connectivity index (χ0) is 12.7. The highest BCUT2D eigenvalue weighted by molar-refractivity contribution is 6.28. The Morgan fingerprint density at radius 1 is 1.19 bits per heavy atom. The van der Waals surface area contributed by atoms with Crippen molar-refractivity contribution < 1.29 is 0 Å². The summed E-state index contributed by atoms with van der Waals surface area (Å²) in [6.07, 6.45) is 0. The van der Waals surface area contributed by atoms with Crippen molar-refractivity contribution >= 4 is 22.9 Å². The van der Waals surface area contributed by atoms with E-state index in [1.807, 2.05) is 46.8 Å². The van der Waals surface area contributed by atoms with Crippen molar-refractivity contribution in [3.63, 3.8) is 0 Å². The second-order valence-corrected chi connectivity index (χ2v) is 2.88. The van der Waals surface area contributed by atoms with Crippen molar-refractivity contribution in [1.82, 2.24) is 14.6 Å². The van der Waals surface area contributed by atoms with Gasteiger partial charge in [-0.3, -0.25) is 0 Å². The number of anilines is 1. The fourth-order valence-corrected chi connectivity index (χ4v) is 1.29. The quantitative estimate of drug-likeness (QED) is 0.771. The first-order valence-electron chi connectivity index (χ1n) is 5.46. The number of hydrogen-bond donors (Lipinski definition) is 1. The molecule has 2 aromatic rings. The van der Waals surface area contributed by atoms with Gasteiger partial charge in [-0.2, -0.15) is 4.98 Å². The topological polar surface area (TPSA) is 56.2 Å². The Kier molecular flexibility index (Phi) is 6.49. The molecule has 0 spiro atoms. The van der Waals surface area contributed by atoms with E-state index in [0.717, 1.165) is 11.2 Å². The molecule has 5 heteroatoms. The number of rotatable bonds is 0. The van der Waals surface area contributed by atoms with Crippen molar-refractivity contribution in [2.45, 2.75) is 34.6 Å². The first-order chi connectivity index (χ1) is 7.68. The van der Waals surface area contributed by atoms with Gasteiger partial charge in [-0.05, 0) is 30.7 Å². The standard InChI is InChI=1S/C7H7ClN4.2C2H6/c1-4-2-3-5-6(9)10-7(8)11-12(4)5;2*1-2/h2-3H,1H3,(H2,9,10,11);2*1-2H3. The van der Waals surface area contributed by atoms with Crippen LogP contribution in [0.4, 0.5) is 5.82 Å². The van der Waals surface area contributed by atoms with Crippen molar-refractivity contribution in [3.8, 4) is 0 Å². The molecule has 16 heavy (non-hydrogen) atoms. The van der Waals surface area contributed by atoms with E-state index in [-0.39, 0.29) is 5.28 Å². The number of nitrogen functional groups attached to an aromatic ring is 1. The minimum absolute atomic E-state index is 0.166. The third kappa shape index (κ3) is 3.10. The Morgan fingerprint density at radius 2 is 1.75 bits per heavy atom. The van der Waals surface area contributed by atoms with E-state index in [4.69, 9.17) is 17.3 Å². The largest absolute Gasteiger partial charge is 0.382 e. The van der Waals surface area contributed by atoms with Crippen LogP contribution in [-0.2, 0) is 0 Å². The van der Waals surface area contributed by atoms with E-state index in [2.05, 4.69) is 10.1 Å². The van der Waals surface area contributed by atoms with Gasteiger partial charge in [0, 0.05) is 5.69 Å². The number of halogens is 1. The van der Waals surface area contributed by atoms with Crippen molar-refractivity contribution in [2.75, 3.05) is 5.73 Å². The lowest BCUT2D eigenvalue weighted by atomic mass is 10.5. The van der Waals surface area contributed by atoms with Gasteiger partial charge in [0.1, 0.15) is 5.52 Å². The molecule has 0 aliphatic rings. The maximum atomic E-state index is 5.63. The van der Waals surface area contributed by atoms with Crippen LogP contribution in [0.5, 0.6) is 0 Å². The molecule has 2 rings (SSSR count). The van der Waals surface area contributed by atoms with Crippen LogP contribution in [-0.4, -0.2) is 14.6 Å². The van der Waals surface area contributed by atoms with Crippen molar-refractivity contribution in [2.24, 2.45) is 0 Å². The molecular weight excluding hydrogens is 224 g/mol. The lowest BCUT2D eigenvalue weighted by molar-refractivity contribution is 0.876. The Bertz CT molecular complexity index is 437. The summed E-state index contributed by atoms with van der Waals surface area (Å²) in [7, 11) is 0. The molecule has 0 aliphatic carbocycles. The van der Waals surface area contributed by atoms with Gasteiger partial charge in [0.2, 0.25) is 5.28 Å². The number of fused-ring (bicyclic) bond motifs is 1. The Labute approximate surface area is 101 Å². The molecule has 0 atom stereocenters. The summed E-state index contributed by atoms with van der Waals surface area (Å²) in [5.74, 6) is 0.406. The van der Waals surface area contributed by atoms with Crippen LogP contribution in [0.15, 0.2) is 12.1 Å². The highest BCUT2D eigenvalue weighted by Gasteiger charge is 2.04. The van der Waals surface area contributed by atoms with Gasteiger partial charge in [0.15, 0.2) is 5.82 Å². The van der Waals surface area contributed by atoms with Gasteiger partial charge < -0.3 is 5.73 Å². The summed E-state index contributed by atoms with van der Waals surface area (Å²) in [6.45, 7) is 9.93. The molecule has 0 amide bonds. The number of hydrogen-bond acceptors (Lipinski definition) is 3. The van der Waals surface area contributed by atoms with Crippen molar-refractivity contribution in [3.05, 3.63) is 23.1 Å². The molecule has 4 nitrogen and oxygen atoms in total. The minimum Gasteiger partial charge on any atom is -0.382 e. The van der Waals surface area contributed by atoms with E-state index in [1.165, 1.54) is 0 Å². The number of aryl methyl sites for hydroxylation is 1. The Morgan fingerprint density at radius 3 is 2.31 bits per heavy atom. The van der Waals surface area contributed by atoms with Gasteiger partial charge in [-0.25, -0.2) is 4.52 Å². The smallest absolute Gasteiger partial charge is 0.243 e. The molecule has 2 heterocycles. The molecule has 0 saturated carbocycles. The van der Waals surface area contributed by atoms with Crippen LogP contribution >= 0.6 is 11.6 Å². The number of nitrogens with two attached hydrogens (primary N) is 1. The van der Waals surface area contributed by atoms with Crippen LogP contribution < -0.4 is 5.73 Å². The zero-order valence-corrected chi connectivity index (χ0v) is 11.2. The van der Waals surface area contributed by atoms with Crippen LogP contribution in [0.1, 0.15) is 33.4 Å².